The largest absolute Gasteiger partial charge is 0.390 e. The van der Waals surface area contributed by atoms with Crippen LogP contribution in [0.3, 0.4) is 0 Å². The third-order valence-electron chi connectivity index (χ3n) is 6.46. The second kappa shape index (κ2) is 4.54. The lowest BCUT2D eigenvalue weighted by molar-refractivity contribution is -0.164. The van der Waals surface area contributed by atoms with Crippen molar-refractivity contribution in [3.8, 4) is 0 Å². The summed E-state index contributed by atoms with van der Waals surface area (Å²) in [6, 6.07) is 0. The van der Waals surface area contributed by atoms with Crippen molar-refractivity contribution < 1.29 is 14.4 Å². The first-order chi connectivity index (χ1) is 10.6. The van der Waals surface area contributed by atoms with Crippen molar-refractivity contribution in [3.05, 3.63) is 11.7 Å². The number of nitrogens with zero attached hydrogens (tertiary/aromatic N) is 2. The summed E-state index contributed by atoms with van der Waals surface area (Å²) in [6.45, 7) is 1.52. The SMILES string of the molecule is OC12C[C@H]3C[C@H](C1)CC(Cc1nc([C@H]4CCOC4)no1)(C3)C2. The Balaban J connectivity index is 1.37. The molecule has 4 aliphatic carbocycles. The monoisotopic (exact) mass is 304 g/mol. The van der Waals surface area contributed by atoms with Gasteiger partial charge in [-0.25, -0.2) is 0 Å². The van der Waals surface area contributed by atoms with E-state index in [-0.39, 0.29) is 5.41 Å². The Kier molecular flexibility index (Phi) is 2.79. The van der Waals surface area contributed by atoms with E-state index in [4.69, 9.17) is 9.26 Å². The van der Waals surface area contributed by atoms with Crippen LogP contribution in [0.15, 0.2) is 4.52 Å². The molecule has 1 saturated heterocycles. The van der Waals surface area contributed by atoms with Gasteiger partial charge in [-0.3, -0.25) is 0 Å². The summed E-state index contributed by atoms with van der Waals surface area (Å²) in [7, 11) is 0. The van der Waals surface area contributed by atoms with E-state index in [1.807, 2.05) is 0 Å². The van der Waals surface area contributed by atoms with E-state index < -0.39 is 5.60 Å². The number of hydrogen-bond acceptors (Lipinski definition) is 5. The number of aromatic nitrogens is 2. The summed E-state index contributed by atoms with van der Waals surface area (Å²) in [5.74, 6) is 3.30. The molecule has 1 aromatic rings. The number of aliphatic hydroxyl groups is 1. The molecule has 2 heterocycles. The van der Waals surface area contributed by atoms with Crippen molar-refractivity contribution >= 4 is 0 Å². The Labute approximate surface area is 130 Å². The van der Waals surface area contributed by atoms with Gasteiger partial charge in [0.2, 0.25) is 5.89 Å². The van der Waals surface area contributed by atoms with E-state index in [1.54, 1.807) is 0 Å². The average molecular weight is 304 g/mol. The summed E-state index contributed by atoms with van der Waals surface area (Å²) in [4.78, 5) is 4.65. The van der Waals surface area contributed by atoms with Crippen molar-refractivity contribution in [2.24, 2.45) is 17.3 Å². The van der Waals surface area contributed by atoms with Gasteiger partial charge >= 0.3 is 0 Å². The number of ether oxygens (including phenoxy) is 1. The summed E-state index contributed by atoms with van der Waals surface area (Å²) in [5, 5.41) is 15.0. The minimum absolute atomic E-state index is 0.203. The molecule has 1 aliphatic heterocycles. The fourth-order valence-corrected chi connectivity index (χ4v) is 6.17. The normalized spacial score (nSPS) is 46.5. The maximum atomic E-state index is 10.8. The van der Waals surface area contributed by atoms with Crippen LogP contribution in [-0.2, 0) is 11.2 Å². The van der Waals surface area contributed by atoms with Crippen molar-refractivity contribution in [2.45, 2.75) is 62.9 Å². The molecule has 120 valence electrons. The molecule has 1 N–H and O–H groups in total. The molecule has 1 aromatic heterocycles. The summed E-state index contributed by atoms with van der Waals surface area (Å²) in [6.07, 6.45) is 8.58. The van der Waals surface area contributed by atoms with Crippen LogP contribution in [0.1, 0.15) is 62.6 Å². The van der Waals surface area contributed by atoms with Crippen LogP contribution in [-0.4, -0.2) is 34.1 Å². The molecule has 6 rings (SSSR count). The Morgan fingerprint density at radius 2 is 2.00 bits per heavy atom. The van der Waals surface area contributed by atoms with Crippen molar-refractivity contribution in [3.63, 3.8) is 0 Å². The summed E-state index contributed by atoms with van der Waals surface area (Å²) in [5.41, 5.74) is -0.207. The Bertz CT molecular complexity index is 564. The highest BCUT2D eigenvalue weighted by Gasteiger charge is 2.57. The van der Waals surface area contributed by atoms with Gasteiger partial charge in [0.15, 0.2) is 5.82 Å². The quantitative estimate of drug-likeness (QED) is 0.929. The first-order valence-corrected chi connectivity index (χ1v) is 8.74. The van der Waals surface area contributed by atoms with Crippen molar-refractivity contribution in [1.82, 2.24) is 10.1 Å². The molecule has 0 aromatic carbocycles. The predicted octanol–water partition coefficient (Wildman–Crippen LogP) is 2.45. The zero-order chi connectivity index (χ0) is 14.8. The van der Waals surface area contributed by atoms with Gasteiger partial charge < -0.3 is 14.4 Å². The summed E-state index contributed by atoms with van der Waals surface area (Å²) < 4.78 is 11.0. The predicted molar refractivity (Wildman–Crippen MR) is 78.2 cm³/mol. The third-order valence-corrected chi connectivity index (χ3v) is 6.46. The van der Waals surface area contributed by atoms with Crippen LogP contribution in [0, 0.1) is 17.3 Å². The maximum Gasteiger partial charge on any atom is 0.227 e. The highest BCUT2D eigenvalue weighted by Crippen LogP contribution is 2.62. The van der Waals surface area contributed by atoms with Gasteiger partial charge in [-0.2, -0.15) is 4.98 Å². The summed E-state index contributed by atoms with van der Waals surface area (Å²) >= 11 is 0. The smallest absolute Gasteiger partial charge is 0.227 e. The first-order valence-electron chi connectivity index (χ1n) is 8.74. The molecule has 4 saturated carbocycles. The zero-order valence-electron chi connectivity index (χ0n) is 13.0. The lowest BCUT2D eigenvalue weighted by Crippen LogP contribution is -2.56. The molecular formula is C17H24N2O3. The van der Waals surface area contributed by atoms with E-state index in [1.165, 1.54) is 19.3 Å². The van der Waals surface area contributed by atoms with E-state index in [2.05, 4.69) is 10.1 Å². The van der Waals surface area contributed by atoms with Crippen molar-refractivity contribution in [1.29, 1.82) is 0 Å². The van der Waals surface area contributed by atoms with E-state index in [0.717, 1.165) is 50.4 Å². The standard InChI is InChI=1S/C17H24N2O3/c20-17-6-11-3-12(7-17)5-16(4-11,10-17)8-14-18-15(19-22-14)13-1-2-21-9-13/h11-13,20H,1-10H2/t11-,12-,13-,16?,17?/m0/s1. The lowest BCUT2D eigenvalue weighted by atomic mass is 9.47. The van der Waals surface area contributed by atoms with Gasteiger partial charge in [-0.15, -0.1) is 0 Å². The average Bonchev–Trinajstić information content (AvgIpc) is 3.05. The molecule has 0 spiro atoms. The highest BCUT2D eigenvalue weighted by atomic mass is 16.5. The molecular weight excluding hydrogens is 280 g/mol. The Morgan fingerprint density at radius 3 is 2.68 bits per heavy atom. The van der Waals surface area contributed by atoms with Crippen LogP contribution in [0.2, 0.25) is 0 Å². The molecule has 5 fully saturated rings. The minimum Gasteiger partial charge on any atom is -0.390 e. The van der Waals surface area contributed by atoms with Crippen LogP contribution in [0.4, 0.5) is 0 Å². The maximum absolute atomic E-state index is 10.8. The fourth-order valence-electron chi connectivity index (χ4n) is 6.17. The zero-order valence-corrected chi connectivity index (χ0v) is 13.0. The number of rotatable bonds is 3. The molecule has 4 bridgehead atoms. The highest BCUT2D eigenvalue weighted by molar-refractivity contribution is 5.11. The molecule has 0 radical (unpaired) electrons. The lowest BCUT2D eigenvalue weighted by Gasteiger charge is -2.60. The van der Waals surface area contributed by atoms with Gasteiger partial charge in [0.05, 0.1) is 12.2 Å². The molecule has 5 aliphatic rings. The second-order valence-electron chi connectivity index (χ2n) is 8.47. The van der Waals surface area contributed by atoms with Crippen LogP contribution >= 0.6 is 0 Å². The van der Waals surface area contributed by atoms with Gasteiger partial charge in [-0.1, -0.05) is 5.16 Å². The second-order valence-corrected chi connectivity index (χ2v) is 8.47. The van der Waals surface area contributed by atoms with E-state index >= 15 is 0 Å². The first kappa shape index (κ1) is 13.5. The van der Waals surface area contributed by atoms with Crippen LogP contribution in [0.5, 0.6) is 0 Å². The molecule has 3 atom stereocenters. The van der Waals surface area contributed by atoms with Crippen LogP contribution < -0.4 is 0 Å². The van der Waals surface area contributed by atoms with E-state index in [9.17, 15) is 5.11 Å². The van der Waals surface area contributed by atoms with Gasteiger partial charge in [0, 0.05) is 18.9 Å². The topological polar surface area (TPSA) is 68.4 Å². The fraction of sp³-hybridized carbons (Fsp3) is 0.882. The van der Waals surface area contributed by atoms with E-state index in [0.29, 0.717) is 24.4 Å². The third kappa shape index (κ3) is 2.13. The Morgan fingerprint density at radius 1 is 1.18 bits per heavy atom. The molecule has 5 nitrogen and oxygen atoms in total. The van der Waals surface area contributed by atoms with Gasteiger partial charge in [-0.05, 0) is 62.2 Å². The molecule has 5 heteroatoms. The van der Waals surface area contributed by atoms with Crippen molar-refractivity contribution in [2.75, 3.05) is 13.2 Å². The molecule has 0 unspecified atom stereocenters. The minimum atomic E-state index is -0.410. The molecule has 22 heavy (non-hydrogen) atoms. The number of hydrogen-bond donors (Lipinski definition) is 1. The Hall–Kier alpha value is -0.940. The van der Waals surface area contributed by atoms with Crippen LogP contribution in [0.25, 0.3) is 0 Å². The van der Waals surface area contributed by atoms with Gasteiger partial charge in [0.1, 0.15) is 0 Å². The molecule has 0 amide bonds. The van der Waals surface area contributed by atoms with Gasteiger partial charge in [0.25, 0.3) is 0 Å².